The zero-order chi connectivity index (χ0) is 39.4. The molecule has 0 saturated carbocycles. The maximum Gasteiger partial charge on any atom is 0.306 e. The second-order valence-electron chi connectivity index (χ2n) is 13.9. The molecule has 0 amide bonds. The van der Waals surface area contributed by atoms with Gasteiger partial charge in [0.1, 0.15) is 13.2 Å². The van der Waals surface area contributed by atoms with Crippen LogP contribution in [0.2, 0.25) is 0 Å². The summed E-state index contributed by atoms with van der Waals surface area (Å²) in [6.45, 7) is 6.26. The molecule has 0 aliphatic rings. The monoisotopic (exact) mass is 751 g/mol. The highest BCUT2D eigenvalue weighted by Crippen LogP contribution is 2.12. The van der Waals surface area contributed by atoms with Crippen LogP contribution < -0.4 is 0 Å². The smallest absolute Gasteiger partial charge is 0.306 e. The lowest BCUT2D eigenvalue weighted by Gasteiger charge is -2.18. The molecule has 0 radical (unpaired) electrons. The van der Waals surface area contributed by atoms with Gasteiger partial charge in [0.15, 0.2) is 6.10 Å². The van der Waals surface area contributed by atoms with Crippen LogP contribution in [0, 0.1) is 0 Å². The van der Waals surface area contributed by atoms with Crippen molar-refractivity contribution in [2.45, 2.75) is 187 Å². The Morgan fingerprint density at radius 1 is 0.407 bits per heavy atom. The van der Waals surface area contributed by atoms with Gasteiger partial charge < -0.3 is 14.2 Å². The van der Waals surface area contributed by atoms with Gasteiger partial charge in [-0.15, -0.1) is 0 Å². The largest absolute Gasteiger partial charge is 0.462 e. The molecule has 1 atom stereocenters. The molecule has 54 heavy (non-hydrogen) atoms. The Morgan fingerprint density at radius 3 is 1.43 bits per heavy atom. The maximum atomic E-state index is 12.7. The lowest BCUT2D eigenvalue weighted by molar-refractivity contribution is -0.167. The van der Waals surface area contributed by atoms with Crippen LogP contribution in [0.3, 0.4) is 0 Å². The van der Waals surface area contributed by atoms with Crippen LogP contribution in [0.25, 0.3) is 0 Å². The fraction of sp³-hybridized carbons (Fsp3) is 0.646. The fourth-order valence-electron chi connectivity index (χ4n) is 5.49. The van der Waals surface area contributed by atoms with Gasteiger partial charge in [-0.25, -0.2) is 0 Å². The van der Waals surface area contributed by atoms with E-state index in [4.69, 9.17) is 14.2 Å². The molecule has 1 unspecified atom stereocenters. The summed E-state index contributed by atoms with van der Waals surface area (Å²) in [5.41, 5.74) is 0. The molecular weight excluding hydrogens is 673 g/mol. The van der Waals surface area contributed by atoms with E-state index in [1.807, 2.05) is 24.3 Å². The Balaban J connectivity index is 4.47. The predicted octanol–water partition coefficient (Wildman–Crippen LogP) is 13.7. The van der Waals surface area contributed by atoms with Crippen molar-refractivity contribution in [3.8, 4) is 0 Å². The molecule has 0 N–H and O–H groups in total. The molecule has 0 aliphatic heterocycles. The molecule has 0 saturated heterocycles. The third kappa shape index (κ3) is 39.8. The molecule has 6 nitrogen and oxygen atoms in total. The standard InChI is InChI=1S/C48H78O6/c1-4-7-10-13-16-19-21-23-24-25-27-29-32-35-38-41-47(50)53-44-45(43-52-46(49)40-37-34-31-28-18-15-12-9-6-3)54-48(51)42-39-36-33-30-26-22-20-17-14-11-8-5-2/h7-8,10-11,13,16-17,19-21,23-24,28,31,45H,4-6,9,12,14-15,18,22,25-27,29-30,32-44H2,1-3H3/b10-7-,11-8-,16-13-,20-17-,21-19-,24-23-,31-28-. The quantitative estimate of drug-likeness (QED) is 0.0207. The molecule has 0 rings (SSSR count). The number of allylic oxidation sites excluding steroid dienone is 14. The summed E-state index contributed by atoms with van der Waals surface area (Å²) in [4.78, 5) is 37.6. The van der Waals surface area contributed by atoms with Crippen LogP contribution >= 0.6 is 0 Å². The van der Waals surface area contributed by atoms with Gasteiger partial charge in [-0.1, -0.05) is 164 Å². The van der Waals surface area contributed by atoms with E-state index in [9.17, 15) is 14.4 Å². The van der Waals surface area contributed by atoms with Crippen molar-refractivity contribution in [1.29, 1.82) is 0 Å². The minimum atomic E-state index is -0.802. The van der Waals surface area contributed by atoms with Gasteiger partial charge in [0.2, 0.25) is 0 Å². The number of ether oxygens (including phenoxy) is 3. The van der Waals surface area contributed by atoms with E-state index in [1.54, 1.807) is 0 Å². The van der Waals surface area contributed by atoms with Crippen LogP contribution in [0.5, 0.6) is 0 Å². The van der Waals surface area contributed by atoms with Crippen molar-refractivity contribution in [1.82, 2.24) is 0 Å². The van der Waals surface area contributed by atoms with Crippen molar-refractivity contribution < 1.29 is 28.6 Å². The number of carbonyl (C=O) groups excluding carboxylic acids is 3. The first-order valence-corrected chi connectivity index (χ1v) is 21.6. The number of hydrogen-bond acceptors (Lipinski definition) is 6. The van der Waals surface area contributed by atoms with Gasteiger partial charge >= 0.3 is 17.9 Å². The number of rotatable bonds is 37. The van der Waals surface area contributed by atoms with E-state index in [1.165, 1.54) is 25.7 Å². The molecule has 6 heteroatoms. The minimum Gasteiger partial charge on any atom is -0.462 e. The van der Waals surface area contributed by atoms with Gasteiger partial charge in [-0.05, 0) is 83.5 Å². The van der Waals surface area contributed by atoms with Crippen molar-refractivity contribution in [3.63, 3.8) is 0 Å². The molecule has 0 aromatic carbocycles. The molecule has 0 spiro atoms. The Hall–Kier alpha value is -3.41. The van der Waals surface area contributed by atoms with E-state index < -0.39 is 6.10 Å². The molecule has 0 bridgehead atoms. The first-order chi connectivity index (χ1) is 26.5. The summed E-state index contributed by atoms with van der Waals surface area (Å²) in [5.74, 6) is -0.988. The van der Waals surface area contributed by atoms with Crippen molar-refractivity contribution in [3.05, 3.63) is 85.1 Å². The average molecular weight is 751 g/mol. The molecule has 0 fully saturated rings. The number of esters is 3. The number of unbranched alkanes of at least 4 members (excludes halogenated alkanes) is 15. The lowest BCUT2D eigenvalue weighted by atomic mass is 10.1. The first kappa shape index (κ1) is 50.6. The van der Waals surface area contributed by atoms with E-state index in [0.29, 0.717) is 25.7 Å². The lowest BCUT2D eigenvalue weighted by Crippen LogP contribution is -2.30. The summed E-state index contributed by atoms with van der Waals surface area (Å²) in [6, 6.07) is 0. The molecular formula is C48H78O6. The van der Waals surface area contributed by atoms with Crippen LogP contribution in [0.15, 0.2) is 85.1 Å². The topological polar surface area (TPSA) is 78.9 Å². The van der Waals surface area contributed by atoms with E-state index in [-0.39, 0.29) is 31.1 Å². The zero-order valence-corrected chi connectivity index (χ0v) is 34.7. The van der Waals surface area contributed by atoms with E-state index in [0.717, 1.165) is 109 Å². The normalized spacial score (nSPS) is 12.9. The minimum absolute atomic E-state index is 0.105. The summed E-state index contributed by atoms with van der Waals surface area (Å²) < 4.78 is 16.6. The van der Waals surface area contributed by atoms with Crippen LogP contribution in [0.4, 0.5) is 0 Å². The molecule has 0 aliphatic carbocycles. The Labute approximate surface area is 331 Å². The summed E-state index contributed by atoms with van der Waals surface area (Å²) in [6.07, 6.45) is 52.9. The first-order valence-electron chi connectivity index (χ1n) is 21.6. The van der Waals surface area contributed by atoms with Gasteiger partial charge in [0, 0.05) is 19.3 Å². The summed E-state index contributed by atoms with van der Waals surface area (Å²) >= 11 is 0. The summed E-state index contributed by atoms with van der Waals surface area (Å²) in [7, 11) is 0. The van der Waals surface area contributed by atoms with Crippen molar-refractivity contribution in [2.24, 2.45) is 0 Å². The molecule has 0 aromatic heterocycles. The Kier molecular flexibility index (Phi) is 39.7. The van der Waals surface area contributed by atoms with Crippen molar-refractivity contribution in [2.75, 3.05) is 13.2 Å². The predicted molar refractivity (Wildman–Crippen MR) is 228 cm³/mol. The second-order valence-corrected chi connectivity index (χ2v) is 13.9. The number of carbonyl (C=O) groups is 3. The van der Waals surface area contributed by atoms with Crippen LogP contribution in [-0.2, 0) is 28.6 Å². The maximum absolute atomic E-state index is 12.7. The van der Waals surface area contributed by atoms with Crippen molar-refractivity contribution >= 4 is 17.9 Å². The number of hydrogen-bond donors (Lipinski definition) is 0. The van der Waals surface area contributed by atoms with Gasteiger partial charge in [-0.3, -0.25) is 14.4 Å². The van der Waals surface area contributed by atoms with Gasteiger partial charge in [-0.2, -0.15) is 0 Å². The fourth-order valence-corrected chi connectivity index (χ4v) is 5.49. The van der Waals surface area contributed by atoms with Crippen LogP contribution in [-0.4, -0.2) is 37.2 Å². The average Bonchev–Trinajstić information content (AvgIpc) is 3.17. The highest BCUT2D eigenvalue weighted by Gasteiger charge is 2.19. The third-order valence-corrected chi connectivity index (χ3v) is 8.71. The van der Waals surface area contributed by atoms with Crippen LogP contribution in [0.1, 0.15) is 181 Å². The Morgan fingerprint density at radius 2 is 0.833 bits per heavy atom. The second kappa shape index (κ2) is 42.3. The SMILES string of the molecule is CC\C=C/C=C\C=C/C=C\CCCCCCCC(=O)OCC(COC(=O)CCC/C=C\CCCCCC)OC(=O)CCCCCCC/C=C\C/C=C\CC. The summed E-state index contributed by atoms with van der Waals surface area (Å²) in [5, 5.41) is 0. The molecule has 306 valence electrons. The highest BCUT2D eigenvalue weighted by molar-refractivity contribution is 5.71. The molecule has 0 aromatic rings. The van der Waals surface area contributed by atoms with E-state index in [2.05, 4.69) is 81.5 Å². The highest BCUT2D eigenvalue weighted by atomic mass is 16.6. The Bertz CT molecular complexity index is 1090. The van der Waals surface area contributed by atoms with Gasteiger partial charge in [0.05, 0.1) is 0 Å². The van der Waals surface area contributed by atoms with E-state index >= 15 is 0 Å². The zero-order valence-electron chi connectivity index (χ0n) is 34.7. The molecule has 0 heterocycles. The third-order valence-electron chi connectivity index (χ3n) is 8.71. The van der Waals surface area contributed by atoms with Gasteiger partial charge in [0.25, 0.3) is 0 Å².